The first-order chi connectivity index (χ1) is 12.3. The van der Waals surface area contributed by atoms with Gasteiger partial charge in [0.15, 0.2) is 11.6 Å². The van der Waals surface area contributed by atoms with Gasteiger partial charge in [0.2, 0.25) is 0 Å². The molecule has 0 unspecified atom stereocenters. The van der Waals surface area contributed by atoms with Crippen molar-refractivity contribution in [2.75, 3.05) is 11.9 Å². The fourth-order valence-corrected chi connectivity index (χ4v) is 3.05. The van der Waals surface area contributed by atoms with Gasteiger partial charge in [0.05, 0.1) is 17.9 Å². The van der Waals surface area contributed by atoms with Gasteiger partial charge in [0.1, 0.15) is 5.60 Å². The summed E-state index contributed by atoms with van der Waals surface area (Å²) in [6.45, 7) is 1.60. The zero-order valence-corrected chi connectivity index (χ0v) is 16.1. The van der Waals surface area contributed by atoms with Crippen molar-refractivity contribution in [3.8, 4) is 0 Å². The van der Waals surface area contributed by atoms with E-state index in [4.69, 9.17) is 4.84 Å². The highest BCUT2D eigenvalue weighted by molar-refractivity contribution is 14.1. The smallest absolute Gasteiger partial charge is 0.277 e. The van der Waals surface area contributed by atoms with Gasteiger partial charge in [-0.05, 0) is 78.3 Å². The lowest BCUT2D eigenvalue weighted by Gasteiger charge is -2.17. The molecule has 0 aromatic heterocycles. The van der Waals surface area contributed by atoms with Crippen LogP contribution in [-0.4, -0.2) is 23.2 Å². The number of anilines is 2. The standard InChI is InChI=1S/C18H17F2IN2O3/c1-10-8-11(21)2-5-14(10)22-16-12(3-4-13(19)15(16)20)17(25)23-26-18(9-24)6-7-18/h2-5,8,22,24H,6-7,9H2,1H3,(H,23,25). The molecular formula is C18H17F2IN2O3. The lowest BCUT2D eigenvalue weighted by atomic mass is 10.1. The number of amides is 1. The molecule has 2 aromatic carbocycles. The van der Waals surface area contributed by atoms with E-state index in [1.165, 1.54) is 6.07 Å². The fraction of sp³-hybridized carbons (Fsp3) is 0.278. The maximum absolute atomic E-state index is 14.4. The van der Waals surface area contributed by atoms with Crippen LogP contribution in [0.3, 0.4) is 0 Å². The third-order valence-corrected chi connectivity index (χ3v) is 4.91. The van der Waals surface area contributed by atoms with E-state index in [-0.39, 0.29) is 17.9 Å². The number of aryl methyl sites for hydroxylation is 1. The van der Waals surface area contributed by atoms with E-state index < -0.39 is 23.1 Å². The van der Waals surface area contributed by atoms with E-state index in [0.29, 0.717) is 18.5 Å². The second-order valence-corrected chi connectivity index (χ2v) is 7.49. The molecule has 5 nitrogen and oxygen atoms in total. The molecule has 2 aromatic rings. The molecule has 0 radical (unpaired) electrons. The van der Waals surface area contributed by atoms with Gasteiger partial charge in [0.25, 0.3) is 5.91 Å². The SMILES string of the molecule is Cc1cc(I)ccc1Nc1c(C(=O)NOC2(CO)CC2)ccc(F)c1F. The van der Waals surface area contributed by atoms with Crippen molar-refractivity contribution in [1.29, 1.82) is 0 Å². The number of benzene rings is 2. The van der Waals surface area contributed by atoms with E-state index in [0.717, 1.165) is 15.2 Å². The topological polar surface area (TPSA) is 70.6 Å². The summed E-state index contributed by atoms with van der Waals surface area (Å²) < 4.78 is 29.1. The number of aliphatic hydroxyl groups is 1. The number of halogens is 3. The summed E-state index contributed by atoms with van der Waals surface area (Å²) in [6.07, 6.45) is 1.24. The lowest BCUT2D eigenvalue weighted by Crippen LogP contribution is -2.33. The van der Waals surface area contributed by atoms with Crippen molar-refractivity contribution in [3.05, 3.63) is 56.7 Å². The second-order valence-electron chi connectivity index (χ2n) is 6.24. The lowest BCUT2D eigenvalue weighted by molar-refractivity contribution is -0.0566. The molecule has 8 heteroatoms. The summed E-state index contributed by atoms with van der Waals surface area (Å²) in [5.74, 6) is -2.95. The van der Waals surface area contributed by atoms with Gasteiger partial charge in [0, 0.05) is 9.26 Å². The van der Waals surface area contributed by atoms with Crippen molar-refractivity contribution in [1.82, 2.24) is 5.48 Å². The van der Waals surface area contributed by atoms with E-state index in [1.54, 1.807) is 6.07 Å². The zero-order chi connectivity index (χ0) is 18.9. The molecule has 3 rings (SSSR count). The molecule has 0 heterocycles. The molecular weight excluding hydrogens is 457 g/mol. The number of aliphatic hydroxyl groups excluding tert-OH is 1. The first kappa shape index (κ1) is 19.0. The number of hydrogen-bond donors (Lipinski definition) is 3. The van der Waals surface area contributed by atoms with Crippen molar-refractivity contribution in [2.45, 2.75) is 25.4 Å². The molecule has 0 atom stereocenters. The highest BCUT2D eigenvalue weighted by Crippen LogP contribution is 2.38. The molecule has 0 bridgehead atoms. The normalized spacial score (nSPS) is 14.8. The number of nitrogens with one attached hydrogen (secondary N) is 2. The molecule has 0 spiro atoms. The maximum atomic E-state index is 14.4. The van der Waals surface area contributed by atoms with E-state index in [1.807, 2.05) is 19.1 Å². The number of hydroxylamine groups is 1. The van der Waals surface area contributed by atoms with Crippen LogP contribution in [0.15, 0.2) is 30.3 Å². The number of rotatable bonds is 6. The van der Waals surface area contributed by atoms with Crippen LogP contribution in [0.25, 0.3) is 0 Å². The van der Waals surface area contributed by atoms with Crippen molar-refractivity contribution in [3.63, 3.8) is 0 Å². The van der Waals surface area contributed by atoms with Crippen molar-refractivity contribution in [2.24, 2.45) is 0 Å². The van der Waals surface area contributed by atoms with Crippen LogP contribution >= 0.6 is 22.6 Å². The molecule has 26 heavy (non-hydrogen) atoms. The number of carbonyl (C=O) groups is 1. The summed E-state index contributed by atoms with van der Waals surface area (Å²) in [7, 11) is 0. The minimum absolute atomic E-state index is 0.101. The Labute approximate surface area is 162 Å². The van der Waals surface area contributed by atoms with Crippen molar-refractivity contribution < 1.29 is 23.5 Å². The summed E-state index contributed by atoms with van der Waals surface area (Å²) in [6, 6.07) is 7.48. The van der Waals surface area contributed by atoms with Crippen LogP contribution in [-0.2, 0) is 4.84 Å². The van der Waals surface area contributed by atoms with Gasteiger partial charge in [-0.15, -0.1) is 0 Å². The van der Waals surface area contributed by atoms with Gasteiger partial charge in [-0.3, -0.25) is 9.63 Å². The van der Waals surface area contributed by atoms with Gasteiger partial charge >= 0.3 is 0 Å². The Balaban J connectivity index is 1.88. The maximum Gasteiger partial charge on any atom is 0.277 e. The summed E-state index contributed by atoms with van der Waals surface area (Å²) >= 11 is 2.15. The molecule has 138 valence electrons. The van der Waals surface area contributed by atoms with Crippen LogP contribution in [0.4, 0.5) is 20.2 Å². The summed E-state index contributed by atoms with van der Waals surface area (Å²) in [4.78, 5) is 17.6. The third-order valence-electron chi connectivity index (χ3n) is 4.24. The van der Waals surface area contributed by atoms with E-state index >= 15 is 0 Å². The predicted molar refractivity (Wildman–Crippen MR) is 101 cm³/mol. The van der Waals surface area contributed by atoms with Gasteiger partial charge in [-0.25, -0.2) is 14.3 Å². The predicted octanol–water partition coefficient (Wildman–Crippen LogP) is 3.81. The summed E-state index contributed by atoms with van der Waals surface area (Å²) in [5.41, 5.74) is 2.45. The minimum atomic E-state index is -1.15. The molecule has 1 saturated carbocycles. The first-order valence-electron chi connectivity index (χ1n) is 7.95. The van der Waals surface area contributed by atoms with Crippen LogP contribution in [0.2, 0.25) is 0 Å². The molecule has 3 N–H and O–H groups in total. The Kier molecular flexibility index (Phi) is 5.44. The largest absolute Gasteiger partial charge is 0.393 e. The molecule has 1 amide bonds. The Morgan fingerprint density at radius 3 is 2.65 bits per heavy atom. The Bertz CT molecular complexity index is 857. The van der Waals surface area contributed by atoms with E-state index in [2.05, 4.69) is 33.4 Å². The van der Waals surface area contributed by atoms with Crippen LogP contribution in [0, 0.1) is 22.1 Å². The average Bonchev–Trinajstić information content (AvgIpc) is 3.39. The average molecular weight is 474 g/mol. The Hall–Kier alpha value is -1.78. The summed E-state index contributed by atoms with van der Waals surface area (Å²) in [5, 5.41) is 12.0. The van der Waals surface area contributed by atoms with Crippen molar-refractivity contribution >= 4 is 39.9 Å². The molecule has 1 fully saturated rings. The number of carbonyl (C=O) groups excluding carboxylic acids is 1. The van der Waals surface area contributed by atoms with Crippen LogP contribution < -0.4 is 10.8 Å². The molecule has 0 saturated heterocycles. The zero-order valence-electron chi connectivity index (χ0n) is 13.9. The molecule has 0 aliphatic heterocycles. The van der Waals surface area contributed by atoms with Gasteiger partial charge in [-0.1, -0.05) is 0 Å². The third kappa shape index (κ3) is 3.97. The Morgan fingerprint density at radius 1 is 1.31 bits per heavy atom. The molecule has 1 aliphatic rings. The minimum Gasteiger partial charge on any atom is -0.393 e. The van der Waals surface area contributed by atoms with Gasteiger partial charge in [-0.2, -0.15) is 0 Å². The highest BCUT2D eigenvalue weighted by atomic mass is 127. The van der Waals surface area contributed by atoms with Crippen LogP contribution in [0.5, 0.6) is 0 Å². The number of hydrogen-bond acceptors (Lipinski definition) is 4. The first-order valence-corrected chi connectivity index (χ1v) is 9.03. The quantitative estimate of drug-likeness (QED) is 0.440. The van der Waals surface area contributed by atoms with Crippen LogP contribution in [0.1, 0.15) is 28.8 Å². The fourth-order valence-electron chi connectivity index (χ4n) is 2.41. The highest BCUT2D eigenvalue weighted by Gasteiger charge is 2.45. The second kappa shape index (κ2) is 7.45. The van der Waals surface area contributed by atoms with E-state index in [9.17, 15) is 18.7 Å². The molecule has 1 aliphatic carbocycles. The Morgan fingerprint density at radius 2 is 2.04 bits per heavy atom. The van der Waals surface area contributed by atoms with Gasteiger partial charge < -0.3 is 10.4 Å². The monoisotopic (exact) mass is 474 g/mol.